The van der Waals surface area contributed by atoms with Crippen molar-refractivity contribution < 1.29 is 9.47 Å². The lowest BCUT2D eigenvalue weighted by Crippen LogP contribution is -2.34. The number of hydrogen-bond donors (Lipinski definition) is 1. The third-order valence-corrected chi connectivity index (χ3v) is 4.97. The standard InChI is InChI=1S/C17H22N2O2S/c1-20-10-17-19-14(11-22-17)9-18-13-6-7-15-12(8-13)4-3-5-16(15)21-2/h3-5,11,13,18H,6-10H2,1-2H3. The minimum absolute atomic E-state index is 0.507. The summed E-state index contributed by atoms with van der Waals surface area (Å²) in [6.07, 6.45) is 3.27. The molecule has 0 amide bonds. The Morgan fingerprint density at radius 3 is 3.09 bits per heavy atom. The maximum atomic E-state index is 5.46. The molecule has 1 unspecified atom stereocenters. The van der Waals surface area contributed by atoms with Crippen LogP contribution >= 0.6 is 11.3 Å². The average Bonchev–Trinajstić information content (AvgIpc) is 3.00. The Bertz CT molecular complexity index is 627. The van der Waals surface area contributed by atoms with Gasteiger partial charge in [-0.15, -0.1) is 11.3 Å². The number of aromatic nitrogens is 1. The van der Waals surface area contributed by atoms with Crippen molar-refractivity contribution in [3.63, 3.8) is 0 Å². The molecular formula is C17H22N2O2S. The molecule has 1 atom stereocenters. The van der Waals surface area contributed by atoms with E-state index in [1.165, 1.54) is 11.1 Å². The predicted octanol–water partition coefficient (Wildman–Crippen LogP) is 2.95. The molecule has 0 fully saturated rings. The molecular weight excluding hydrogens is 296 g/mol. The van der Waals surface area contributed by atoms with Crippen LogP contribution in [0.3, 0.4) is 0 Å². The van der Waals surface area contributed by atoms with E-state index in [9.17, 15) is 0 Å². The molecule has 4 nitrogen and oxygen atoms in total. The van der Waals surface area contributed by atoms with Crippen molar-refractivity contribution in [2.24, 2.45) is 0 Å². The Balaban J connectivity index is 1.58. The van der Waals surface area contributed by atoms with Gasteiger partial charge in [-0.05, 0) is 36.5 Å². The van der Waals surface area contributed by atoms with Gasteiger partial charge in [-0.3, -0.25) is 0 Å². The fourth-order valence-electron chi connectivity index (χ4n) is 3.01. The summed E-state index contributed by atoms with van der Waals surface area (Å²) in [5.74, 6) is 1.03. The smallest absolute Gasteiger partial charge is 0.122 e. The van der Waals surface area contributed by atoms with E-state index in [2.05, 4.69) is 33.9 Å². The van der Waals surface area contributed by atoms with Gasteiger partial charge in [0, 0.05) is 25.1 Å². The Morgan fingerprint density at radius 2 is 2.27 bits per heavy atom. The Hall–Kier alpha value is -1.43. The summed E-state index contributed by atoms with van der Waals surface area (Å²) in [5, 5.41) is 6.79. The molecule has 1 aromatic carbocycles. The molecule has 0 saturated carbocycles. The maximum Gasteiger partial charge on any atom is 0.122 e. The summed E-state index contributed by atoms with van der Waals surface area (Å²) in [7, 11) is 3.45. The zero-order chi connectivity index (χ0) is 15.4. The average molecular weight is 318 g/mol. The highest BCUT2D eigenvalue weighted by atomic mass is 32.1. The van der Waals surface area contributed by atoms with Gasteiger partial charge in [-0.2, -0.15) is 0 Å². The van der Waals surface area contributed by atoms with Crippen LogP contribution in [0.2, 0.25) is 0 Å². The number of thiazole rings is 1. The van der Waals surface area contributed by atoms with Crippen molar-refractivity contribution >= 4 is 11.3 Å². The quantitative estimate of drug-likeness (QED) is 0.889. The molecule has 1 heterocycles. The number of hydrogen-bond acceptors (Lipinski definition) is 5. The van der Waals surface area contributed by atoms with Crippen LogP contribution in [0.5, 0.6) is 5.75 Å². The molecule has 0 saturated heterocycles. The summed E-state index contributed by atoms with van der Waals surface area (Å²) >= 11 is 1.66. The van der Waals surface area contributed by atoms with Crippen LogP contribution in [0.25, 0.3) is 0 Å². The number of nitrogens with one attached hydrogen (secondary N) is 1. The van der Waals surface area contributed by atoms with Crippen LogP contribution < -0.4 is 10.1 Å². The normalized spacial score (nSPS) is 17.3. The van der Waals surface area contributed by atoms with Gasteiger partial charge >= 0.3 is 0 Å². The van der Waals surface area contributed by atoms with E-state index >= 15 is 0 Å². The second kappa shape index (κ2) is 7.22. The number of nitrogens with zero attached hydrogens (tertiary/aromatic N) is 1. The van der Waals surface area contributed by atoms with E-state index in [1.807, 2.05) is 0 Å². The van der Waals surface area contributed by atoms with E-state index in [0.29, 0.717) is 12.6 Å². The molecule has 1 aliphatic rings. The lowest BCUT2D eigenvalue weighted by Gasteiger charge is -2.26. The van der Waals surface area contributed by atoms with Gasteiger partial charge in [0.25, 0.3) is 0 Å². The summed E-state index contributed by atoms with van der Waals surface area (Å²) < 4.78 is 10.6. The highest BCUT2D eigenvalue weighted by Crippen LogP contribution is 2.29. The maximum absolute atomic E-state index is 5.46. The molecule has 1 aromatic heterocycles. The van der Waals surface area contributed by atoms with Crippen LogP contribution in [0.4, 0.5) is 0 Å². The molecule has 1 aliphatic carbocycles. The molecule has 0 spiro atoms. The van der Waals surface area contributed by atoms with E-state index in [-0.39, 0.29) is 0 Å². The fraction of sp³-hybridized carbons (Fsp3) is 0.471. The Labute approximate surface area is 135 Å². The molecule has 0 aliphatic heterocycles. The first-order valence-electron chi connectivity index (χ1n) is 7.60. The van der Waals surface area contributed by atoms with Crippen molar-refractivity contribution in [2.75, 3.05) is 14.2 Å². The minimum Gasteiger partial charge on any atom is -0.496 e. The van der Waals surface area contributed by atoms with E-state index in [1.54, 1.807) is 25.6 Å². The molecule has 2 aromatic rings. The molecule has 1 N–H and O–H groups in total. The van der Waals surface area contributed by atoms with E-state index in [4.69, 9.17) is 9.47 Å². The highest BCUT2D eigenvalue weighted by Gasteiger charge is 2.20. The lowest BCUT2D eigenvalue weighted by molar-refractivity contribution is 0.184. The third-order valence-electron chi connectivity index (χ3n) is 4.10. The fourth-order valence-corrected chi connectivity index (χ4v) is 3.77. The molecule has 0 radical (unpaired) electrons. The summed E-state index contributed by atoms with van der Waals surface area (Å²) in [4.78, 5) is 4.57. The predicted molar refractivity (Wildman–Crippen MR) is 88.5 cm³/mol. The number of fused-ring (bicyclic) bond motifs is 1. The molecule has 0 bridgehead atoms. The number of rotatable bonds is 6. The van der Waals surface area contributed by atoms with Gasteiger partial charge in [-0.1, -0.05) is 12.1 Å². The van der Waals surface area contributed by atoms with E-state index < -0.39 is 0 Å². The largest absolute Gasteiger partial charge is 0.496 e. The second-order valence-corrected chi connectivity index (χ2v) is 6.53. The highest BCUT2D eigenvalue weighted by molar-refractivity contribution is 7.09. The first-order chi connectivity index (χ1) is 10.8. The van der Waals surface area contributed by atoms with Gasteiger partial charge in [0.2, 0.25) is 0 Å². The van der Waals surface area contributed by atoms with Crippen molar-refractivity contribution in [1.82, 2.24) is 10.3 Å². The van der Waals surface area contributed by atoms with Crippen LogP contribution in [0, 0.1) is 0 Å². The van der Waals surface area contributed by atoms with Gasteiger partial charge < -0.3 is 14.8 Å². The first-order valence-corrected chi connectivity index (χ1v) is 8.48. The molecule has 5 heteroatoms. The van der Waals surface area contributed by atoms with Crippen LogP contribution in [0.15, 0.2) is 23.6 Å². The number of benzene rings is 1. The number of ether oxygens (including phenoxy) is 2. The van der Waals surface area contributed by atoms with Crippen molar-refractivity contribution in [1.29, 1.82) is 0 Å². The molecule has 118 valence electrons. The third kappa shape index (κ3) is 3.48. The SMILES string of the molecule is COCc1nc(CNC2CCc3c(cccc3OC)C2)cs1. The van der Waals surface area contributed by atoms with Gasteiger partial charge in [0.15, 0.2) is 0 Å². The minimum atomic E-state index is 0.507. The van der Waals surface area contributed by atoms with Gasteiger partial charge in [0.05, 0.1) is 19.4 Å². The Morgan fingerprint density at radius 1 is 1.36 bits per heavy atom. The Kier molecular flexibility index (Phi) is 5.08. The monoisotopic (exact) mass is 318 g/mol. The summed E-state index contributed by atoms with van der Waals surface area (Å²) in [6.45, 7) is 1.42. The van der Waals surface area contributed by atoms with Gasteiger partial charge in [-0.25, -0.2) is 4.98 Å². The zero-order valence-electron chi connectivity index (χ0n) is 13.1. The summed E-state index contributed by atoms with van der Waals surface area (Å²) in [6, 6.07) is 6.86. The van der Waals surface area contributed by atoms with Crippen molar-refractivity contribution in [3.8, 4) is 5.75 Å². The van der Waals surface area contributed by atoms with Crippen LogP contribution in [-0.2, 0) is 30.7 Å². The second-order valence-electron chi connectivity index (χ2n) is 5.58. The van der Waals surface area contributed by atoms with Crippen molar-refractivity contribution in [3.05, 3.63) is 45.4 Å². The number of methoxy groups -OCH3 is 2. The summed E-state index contributed by atoms with van der Waals surface area (Å²) in [5.41, 5.74) is 3.88. The van der Waals surface area contributed by atoms with Crippen molar-refractivity contribution in [2.45, 2.75) is 38.5 Å². The molecule has 3 rings (SSSR count). The zero-order valence-corrected chi connectivity index (χ0v) is 13.9. The van der Waals surface area contributed by atoms with E-state index in [0.717, 1.165) is 42.3 Å². The van der Waals surface area contributed by atoms with Crippen LogP contribution in [0.1, 0.15) is 28.2 Å². The molecule has 22 heavy (non-hydrogen) atoms. The van der Waals surface area contributed by atoms with Crippen LogP contribution in [-0.4, -0.2) is 25.2 Å². The van der Waals surface area contributed by atoms with Gasteiger partial charge in [0.1, 0.15) is 10.8 Å². The topological polar surface area (TPSA) is 43.4 Å². The lowest BCUT2D eigenvalue weighted by atomic mass is 9.87. The first kappa shape index (κ1) is 15.5.